The molecule has 2 atom stereocenters. The Bertz CT molecular complexity index is 1460. The van der Waals surface area contributed by atoms with Crippen LogP contribution in [0.4, 0.5) is 5.82 Å². The molecule has 1 aliphatic carbocycles. The quantitative estimate of drug-likeness (QED) is 0.382. The summed E-state index contributed by atoms with van der Waals surface area (Å²) in [5, 5.41) is 12.0. The van der Waals surface area contributed by atoms with Gasteiger partial charge in [-0.15, -0.1) is 0 Å². The van der Waals surface area contributed by atoms with E-state index in [1.54, 1.807) is 26.4 Å². The Morgan fingerprint density at radius 3 is 2.78 bits per heavy atom. The third-order valence-electron chi connectivity index (χ3n) is 6.83. The lowest BCUT2D eigenvalue weighted by atomic mass is 9.65. The lowest BCUT2D eigenvalue weighted by Crippen LogP contribution is -2.63. The maximum atomic E-state index is 10.5. The van der Waals surface area contributed by atoms with Crippen LogP contribution in [0.15, 0.2) is 43.1 Å². The summed E-state index contributed by atoms with van der Waals surface area (Å²) in [4.78, 5) is 17.1. The smallest absolute Gasteiger partial charge is 0.167 e. The maximum Gasteiger partial charge on any atom is 0.167 e. The molecule has 4 aromatic rings. The molecule has 3 N–H and O–H groups in total. The van der Waals surface area contributed by atoms with Gasteiger partial charge < -0.3 is 25.1 Å². The van der Waals surface area contributed by atoms with Crippen LogP contribution >= 0.6 is 11.6 Å². The van der Waals surface area contributed by atoms with Crippen molar-refractivity contribution in [1.82, 2.24) is 24.5 Å². The Labute approximate surface area is 212 Å². The first-order chi connectivity index (χ1) is 17.0. The molecule has 0 radical (unpaired) electrons. The van der Waals surface area contributed by atoms with Gasteiger partial charge in [0.15, 0.2) is 17.3 Å². The highest BCUT2D eigenvalue weighted by Crippen LogP contribution is 2.56. The number of imidazole rings is 1. The summed E-state index contributed by atoms with van der Waals surface area (Å²) in [5.74, 6) is -0.290. The van der Waals surface area contributed by atoms with Crippen LogP contribution in [0.3, 0.4) is 0 Å². The average Bonchev–Trinajstić information content (AvgIpc) is 3.35. The van der Waals surface area contributed by atoms with Gasteiger partial charge in [-0.05, 0) is 39.0 Å². The number of hydrogen-bond acceptors (Lipinski definition) is 9. The van der Waals surface area contributed by atoms with Crippen molar-refractivity contribution >= 4 is 39.5 Å². The zero-order valence-corrected chi connectivity index (χ0v) is 20.9. The molecule has 1 saturated heterocycles. The lowest BCUT2D eigenvalue weighted by molar-refractivity contribution is -0.274. The third kappa shape index (κ3) is 4.03. The second-order valence-electron chi connectivity index (χ2n) is 10.4. The second-order valence-corrected chi connectivity index (χ2v) is 10.9. The van der Waals surface area contributed by atoms with E-state index in [1.807, 2.05) is 28.8 Å². The van der Waals surface area contributed by atoms with E-state index in [1.165, 1.54) is 6.33 Å². The molecular formula is C25H27ClN6O4. The molecule has 0 amide bonds. The first-order valence-electron chi connectivity index (χ1n) is 11.8. The highest BCUT2D eigenvalue weighted by Gasteiger charge is 2.64. The minimum absolute atomic E-state index is 0.313. The van der Waals surface area contributed by atoms with Crippen LogP contribution < -0.4 is 10.5 Å². The van der Waals surface area contributed by atoms with E-state index in [0.29, 0.717) is 41.3 Å². The summed E-state index contributed by atoms with van der Waals surface area (Å²) in [6, 6.07) is 7.65. The van der Waals surface area contributed by atoms with Gasteiger partial charge in [0.05, 0.1) is 23.0 Å². The number of nitrogens with zero attached hydrogens (tertiary/aromatic N) is 5. The number of pyridine rings is 1. The number of halogens is 1. The summed E-state index contributed by atoms with van der Waals surface area (Å²) >= 11 is 6.06. The number of aromatic nitrogens is 5. The van der Waals surface area contributed by atoms with Gasteiger partial charge in [-0.2, -0.15) is 0 Å². The highest BCUT2D eigenvalue weighted by molar-refractivity contribution is 6.31. The van der Waals surface area contributed by atoms with Gasteiger partial charge in [0.25, 0.3) is 0 Å². The minimum Gasteiger partial charge on any atom is -0.487 e. The van der Waals surface area contributed by atoms with Crippen LogP contribution in [-0.4, -0.2) is 52.7 Å². The minimum atomic E-state index is -1.32. The molecule has 36 heavy (non-hydrogen) atoms. The Kier molecular flexibility index (Phi) is 5.17. The van der Waals surface area contributed by atoms with Gasteiger partial charge in [-0.1, -0.05) is 11.6 Å². The Hall–Kier alpha value is -3.05. The van der Waals surface area contributed by atoms with E-state index < -0.39 is 23.2 Å². The van der Waals surface area contributed by atoms with Crippen LogP contribution in [0.25, 0.3) is 22.1 Å². The molecule has 188 valence electrons. The predicted molar refractivity (Wildman–Crippen MR) is 133 cm³/mol. The molecule has 6 rings (SSSR count). The fourth-order valence-electron chi connectivity index (χ4n) is 5.57. The normalized spacial score (nSPS) is 28.1. The summed E-state index contributed by atoms with van der Waals surface area (Å²) in [5.41, 5.74) is 6.76. The third-order valence-corrected chi connectivity index (χ3v) is 7.04. The van der Waals surface area contributed by atoms with Crippen molar-refractivity contribution < 1.29 is 19.3 Å². The summed E-state index contributed by atoms with van der Waals surface area (Å²) < 4.78 is 21.0. The SMILES string of the molecule is CC(C)(O)O[C@H]1C[C@H](n2cnc3c(N)ncnc32)OC12CC(C)(Oc1ccc3cc(Cl)cnc3c1)C2. The maximum absolute atomic E-state index is 10.5. The molecule has 1 aliphatic heterocycles. The molecule has 0 bridgehead atoms. The first kappa shape index (κ1) is 23.4. The number of hydrogen-bond donors (Lipinski definition) is 2. The van der Waals surface area contributed by atoms with Crippen LogP contribution in [0.1, 0.15) is 46.3 Å². The first-order valence-corrected chi connectivity index (χ1v) is 12.2. The number of fused-ring (bicyclic) bond motifs is 2. The van der Waals surface area contributed by atoms with E-state index in [4.69, 9.17) is 31.5 Å². The summed E-state index contributed by atoms with van der Waals surface area (Å²) in [7, 11) is 0. The van der Waals surface area contributed by atoms with Gasteiger partial charge in [0.2, 0.25) is 0 Å². The second kappa shape index (κ2) is 7.97. The number of ether oxygens (including phenoxy) is 3. The lowest BCUT2D eigenvalue weighted by Gasteiger charge is -2.54. The van der Waals surface area contributed by atoms with Gasteiger partial charge >= 0.3 is 0 Å². The zero-order chi connectivity index (χ0) is 25.3. The molecule has 2 aliphatic rings. The molecule has 10 nitrogen and oxygen atoms in total. The van der Waals surface area contributed by atoms with Gasteiger partial charge in [-0.25, -0.2) is 15.0 Å². The predicted octanol–water partition coefficient (Wildman–Crippen LogP) is 4.01. The number of nitrogens with two attached hydrogens (primary N) is 1. The Morgan fingerprint density at radius 2 is 2.00 bits per heavy atom. The zero-order valence-electron chi connectivity index (χ0n) is 20.2. The molecule has 0 unspecified atom stereocenters. The molecule has 11 heteroatoms. The van der Waals surface area contributed by atoms with Crippen molar-refractivity contribution in [2.24, 2.45) is 0 Å². The van der Waals surface area contributed by atoms with Gasteiger partial charge in [0, 0.05) is 36.9 Å². The number of nitrogen functional groups attached to an aromatic ring is 1. The molecule has 1 spiro atoms. The Morgan fingerprint density at radius 1 is 1.19 bits per heavy atom. The standard InChI is InChI=1S/C25H27ClN6O4/c1-23(2,33)35-18-8-19(32-13-31-20-21(27)29-12-30-22(20)32)36-25(18)10-24(3,11-25)34-16-5-4-14-6-15(26)9-28-17(14)7-16/h4-7,9,12-13,18-19,33H,8,10-11H2,1-3H3,(H2,27,29,30)/t18-,19+,24?,25?/m0/s1. The fourth-order valence-corrected chi connectivity index (χ4v) is 5.73. The van der Waals surface area contributed by atoms with Crippen molar-refractivity contribution in [2.45, 2.75) is 69.4 Å². The topological polar surface area (TPSA) is 130 Å². The fraction of sp³-hybridized carbons (Fsp3) is 0.440. The number of aliphatic hydroxyl groups is 1. The number of benzene rings is 1. The van der Waals surface area contributed by atoms with E-state index in [2.05, 4.69) is 26.9 Å². The molecule has 3 aromatic heterocycles. The molecule has 1 aromatic carbocycles. The summed E-state index contributed by atoms with van der Waals surface area (Å²) in [6.45, 7) is 5.30. The Balaban J connectivity index is 1.26. The van der Waals surface area contributed by atoms with Crippen LogP contribution in [0, 0.1) is 0 Å². The average molecular weight is 511 g/mol. The van der Waals surface area contributed by atoms with Crippen LogP contribution in [0.5, 0.6) is 5.75 Å². The number of rotatable bonds is 5. The van der Waals surface area contributed by atoms with E-state index in [0.717, 1.165) is 16.7 Å². The molecule has 1 saturated carbocycles. The van der Waals surface area contributed by atoms with Gasteiger partial charge in [0.1, 0.15) is 35.0 Å². The van der Waals surface area contributed by atoms with E-state index >= 15 is 0 Å². The van der Waals surface area contributed by atoms with Crippen molar-refractivity contribution in [2.75, 3.05) is 5.73 Å². The molecular weight excluding hydrogens is 484 g/mol. The monoisotopic (exact) mass is 510 g/mol. The number of anilines is 1. The molecule has 4 heterocycles. The van der Waals surface area contributed by atoms with E-state index in [-0.39, 0.29) is 6.10 Å². The summed E-state index contributed by atoms with van der Waals surface area (Å²) in [6.07, 6.45) is 5.59. The van der Waals surface area contributed by atoms with Crippen molar-refractivity contribution in [3.8, 4) is 5.75 Å². The largest absolute Gasteiger partial charge is 0.487 e. The van der Waals surface area contributed by atoms with Crippen LogP contribution in [0.2, 0.25) is 5.02 Å². The van der Waals surface area contributed by atoms with Gasteiger partial charge in [-0.3, -0.25) is 9.55 Å². The molecule has 2 fully saturated rings. The van der Waals surface area contributed by atoms with Crippen molar-refractivity contribution in [3.05, 3.63) is 48.1 Å². The van der Waals surface area contributed by atoms with Crippen LogP contribution in [-0.2, 0) is 9.47 Å². The van der Waals surface area contributed by atoms with Crippen molar-refractivity contribution in [3.63, 3.8) is 0 Å². The van der Waals surface area contributed by atoms with Crippen molar-refractivity contribution in [1.29, 1.82) is 0 Å². The van der Waals surface area contributed by atoms with E-state index in [9.17, 15) is 5.11 Å². The highest BCUT2D eigenvalue weighted by atomic mass is 35.5.